The lowest BCUT2D eigenvalue weighted by molar-refractivity contribution is -0.122. The number of morpholine rings is 1. The number of hydrogen-bond acceptors (Lipinski definition) is 7. The number of carbonyl (C=O) groups excluding carboxylic acids is 1. The lowest BCUT2D eigenvalue weighted by Gasteiger charge is -2.29. The van der Waals surface area contributed by atoms with Gasteiger partial charge in [0.2, 0.25) is 0 Å². The number of thiocarbonyl (C=S) groups is 1. The van der Waals surface area contributed by atoms with Crippen LogP contribution in [0.3, 0.4) is 0 Å². The van der Waals surface area contributed by atoms with Gasteiger partial charge >= 0.3 is 0 Å². The van der Waals surface area contributed by atoms with Crippen molar-refractivity contribution in [2.24, 2.45) is 0 Å². The molecule has 4 heterocycles. The molecule has 0 aromatic carbocycles. The summed E-state index contributed by atoms with van der Waals surface area (Å²) >= 11 is 6.77. The van der Waals surface area contributed by atoms with Crippen LogP contribution in [0, 0.1) is 0 Å². The molecule has 0 aliphatic carbocycles. The molecule has 33 heavy (non-hydrogen) atoms. The van der Waals surface area contributed by atoms with Gasteiger partial charge in [0, 0.05) is 25.8 Å². The van der Waals surface area contributed by atoms with E-state index in [0.29, 0.717) is 59.1 Å². The Hall–Kier alpha value is -2.23. The highest BCUT2D eigenvalue weighted by Crippen LogP contribution is 2.34. The Morgan fingerprint density at radius 1 is 1.12 bits per heavy atom. The van der Waals surface area contributed by atoms with Crippen molar-refractivity contribution in [2.75, 3.05) is 37.7 Å². The molecule has 9 heteroatoms. The summed E-state index contributed by atoms with van der Waals surface area (Å²) in [6.45, 7) is 5.28. The third-order valence-electron chi connectivity index (χ3n) is 5.94. The van der Waals surface area contributed by atoms with Crippen LogP contribution in [-0.4, -0.2) is 57.4 Å². The normalized spacial score (nSPS) is 18.2. The number of aromatic nitrogens is 2. The van der Waals surface area contributed by atoms with Gasteiger partial charge in [-0.2, -0.15) is 0 Å². The Bertz CT molecular complexity index is 1110. The van der Waals surface area contributed by atoms with Crippen LogP contribution in [0.1, 0.15) is 51.0 Å². The molecule has 0 saturated carbocycles. The predicted octanol–water partition coefficient (Wildman–Crippen LogP) is 4.09. The van der Waals surface area contributed by atoms with Crippen molar-refractivity contribution in [1.82, 2.24) is 14.3 Å². The molecule has 2 saturated heterocycles. The molecule has 0 radical (unpaired) electrons. The SMILES string of the molecule is CCCCCCCCN1C(=O)C(=Cc2c(N3CCOCC3)nc3ccccn3c2=O)SC1=S. The third kappa shape index (κ3) is 5.47. The van der Waals surface area contributed by atoms with Crippen molar-refractivity contribution in [3.8, 4) is 0 Å². The zero-order chi connectivity index (χ0) is 23.2. The molecule has 2 aliphatic heterocycles. The number of hydrogen-bond donors (Lipinski definition) is 0. The largest absolute Gasteiger partial charge is 0.378 e. The molecule has 2 fully saturated rings. The van der Waals surface area contributed by atoms with Crippen molar-refractivity contribution in [2.45, 2.75) is 45.4 Å². The zero-order valence-electron chi connectivity index (χ0n) is 19.0. The smallest absolute Gasteiger partial charge is 0.267 e. The number of thioether (sulfide) groups is 1. The van der Waals surface area contributed by atoms with Gasteiger partial charge < -0.3 is 9.64 Å². The number of fused-ring (bicyclic) bond motifs is 1. The average Bonchev–Trinajstić information content (AvgIpc) is 3.10. The van der Waals surface area contributed by atoms with E-state index < -0.39 is 0 Å². The fourth-order valence-corrected chi connectivity index (χ4v) is 5.40. The van der Waals surface area contributed by atoms with Gasteiger partial charge in [-0.1, -0.05) is 69.1 Å². The molecule has 0 N–H and O–H groups in total. The number of rotatable bonds is 9. The summed E-state index contributed by atoms with van der Waals surface area (Å²) in [4.78, 5) is 35.5. The van der Waals surface area contributed by atoms with E-state index in [4.69, 9.17) is 21.9 Å². The van der Waals surface area contributed by atoms with Gasteiger partial charge in [0.1, 0.15) is 15.8 Å². The second kappa shape index (κ2) is 11.3. The van der Waals surface area contributed by atoms with E-state index in [1.54, 1.807) is 23.2 Å². The second-order valence-electron chi connectivity index (χ2n) is 8.28. The van der Waals surface area contributed by atoms with Crippen molar-refractivity contribution >= 4 is 51.7 Å². The molecule has 4 rings (SSSR count). The van der Waals surface area contributed by atoms with E-state index in [1.165, 1.54) is 41.8 Å². The number of anilines is 1. The van der Waals surface area contributed by atoms with Crippen LogP contribution in [0.15, 0.2) is 34.1 Å². The van der Waals surface area contributed by atoms with E-state index in [0.717, 1.165) is 12.8 Å². The lowest BCUT2D eigenvalue weighted by Crippen LogP contribution is -2.38. The number of pyridine rings is 1. The van der Waals surface area contributed by atoms with E-state index in [2.05, 4.69) is 11.8 Å². The molecule has 0 bridgehead atoms. The summed E-state index contributed by atoms with van der Waals surface area (Å²) in [5.74, 6) is 0.472. The Labute approximate surface area is 203 Å². The van der Waals surface area contributed by atoms with Gasteiger partial charge in [0.15, 0.2) is 0 Å². The van der Waals surface area contributed by atoms with Gasteiger partial charge in [-0.05, 0) is 24.6 Å². The van der Waals surface area contributed by atoms with Gasteiger partial charge in [-0.25, -0.2) is 4.98 Å². The minimum atomic E-state index is -0.191. The number of nitrogens with zero attached hydrogens (tertiary/aromatic N) is 4. The molecule has 0 spiro atoms. The Morgan fingerprint density at radius 3 is 2.67 bits per heavy atom. The fourth-order valence-electron chi connectivity index (χ4n) is 4.11. The molecule has 2 aliphatic rings. The number of amides is 1. The van der Waals surface area contributed by atoms with Crippen molar-refractivity contribution < 1.29 is 9.53 Å². The summed E-state index contributed by atoms with van der Waals surface area (Å²) in [7, 11) is 0. The average molecular weight is 487 g/mol. The van der Waals surface area contributed by atoms with Gasteiger partial charge in [-0.3, -0.25) is 18.9 Å². The first kappa shape index (κ1) is 23.9. The first-order chi connectivity index (χ1) is 16.1. The van der Waals surface area contributed by atoms with Crippen LogP contribution >= 0.6 is 24.0 Å². The maximum absolute atomic E-state index is 13.4. The van der Waals surface area contributed by atoms with Crippen LogP contribution in [0.5, 0.6) is 0 Å². The summed E-state index contributed by atoms with van der Waals surface area (Å²) in [5.41, 5.74) is 0.806. The molecule has 1 amide bonds. The first-order valence-electron chi connectivity index (χ1n) is 11.7. The van der Waals surface area contributed by atoms with Crippen molar-refractivity contribution in [3.63, 3.8) is 0 Å². The third-order valence-corrected chi connectivity index (χ3v) is 7.32. The van der Waals surface area contributed by atoms with Gasteiger partial charge in [0.05, 0.1) is 23.7 Å². The van der Waals surface area contributed by atoms with E-state index >= 15 is 0 Å². The van der Waals surface area contributed by atoms with Gasteiger partial charge in [0.25, 0.3) is 11.5 Å². The summed E-state index contributed by atoms with van der Waals surface area (Å²) < 4.78 is 7.55. The molecular weight excluding hydrogens is 456 g/mol. The van der Waals surface area contributed by atoms with E-state index in [1.807, 2.05) is 12.1 Å². The maximum atomic E-state index is 13.4. The quantitative estimate of drug-likeness (QED) is 0.300. The van der Waals surface area contributed by atoms with Crippen LogP contribution in [0.2, 0.25) is 0 Å². The standard InChI is InChI=1S/C24H30N4O3S2/c1-2-3-4-5-6-8-12-28-23(30)19(33-24(28)32)17-18-21(26-13-15-31-16-14-26)25-20-10-7-9-11-27(20)22(18)29/h7,9-11,17H,2-6,8,12-16H2,1H3. The topological polar surface area (TPSA) is 67.2 Å². The molecule has 0 unspecified atom stereocenters. The lowest BCUT2D eigenvalue weighted by atomic mass is 10.1. The van der Waals surface area contributed by atoms with Crippen LogP contribution < -0.4 is 10.5 Å². The van der Waals surface area contributed by atoms with Crippen molar-refractivity contribution in [3.05, 3.63) is 45.2 Å². The number of unbranched alkanes of at least 4 members (excludes halogenated alkanes) is 5. The zero-order valence-corrected chi connectivity index (χ0v) is 20.6. The fraction of sp³-hybridized carbons (Fsp3) is 0.500. The van der Waals surface area contributed by atoms with Crippen LogP contribution in [0.4, 0.5) is 5.82 Å². The molecule has 0 atom stereocenters. The Balaban J connectivity index is 1.60. The molecular formula is C24H30N4O3S2. The summed E-state index contributed by atoms with van der Waals surface area (Å²) in [6, 6.07) is 5.47. The van der Waals surface area contributed by atoms with Crippen LogP contribution in [0.25, 0.3) is 11.7 Å². The van der Waals surface area contributed by atoms with E-state index in [-0.39, 0.29) is 11.5 Å². The highest BCUT2D eigenvalue weighted by molar-refractivity contribution is 8.26. The highest BCUT2D eigenvalue weighted by atomic mass is 32.2. The summed E-state index contributed by atoms with van der Waals surface area (Å²) in [5, 5.41) is 0. The van der Waals surface area contributed by atoms with Crippen LogP contribution in [-0.2, 0) is 9.53 Å². The molecule has 176 valence electrons. The number of ether oxygens (including phenoxy) is 1. The van der Waals surface area contributed by atoms with E-state index in [9.17, 15) is 9.59 Å². The Kier molecular flexibility index (Phi) is 8.16. The van der Waals surface area contributed by atoms with Crippen molar-refractivity contribution in [1.29, 1.82) is 0 Å². The minimum Gasteiger partial charge on any atom is -0.378 e. The molecule has 7 nitrogen and oxygen atoms in total. The molecule has 2 aromatic rings. The highest BCUT2D eigenvalue weighted by Gasteiger charge is 2.32. The molecule has 2 aromatic heterocycles. The maximum Gasteiger partial charge on any atom is 0.267 e. The first-order valence-corrected chi connectivity index (χ1v) is 12.9. The predicted molar refractivity (Wildman–Crippen MR) is 138 cm³/mol. The second-order valence-corrected chi connectivity index (χ2v) is 9.96. The minimum absolute atomic E-state index is 0.121. The Morgan fingerprint density at radius 2 is 1.88 bits per heavy atom. The summed E-state index contributed by atoms with van der Waals surface area (Å²) in [6.07, 6.45) is 10.3. The van der Waals surface area contributed by atoms with Gasteiger partial charge in [-0.15, -0.1) is 0 Å². The monoisotopic (exact) mass is 486 g/mol. The number of carbonyl (C=O) groups is 1.